The molecule has 1 unspecified atom stereocenters. The first-order chi connectivity index (χ1) is 9.81. The molecule has 21 heavy (non-hydrogen) atoms. The number of aromatic carboxylic acids is 1. The fourth-order valence-corrected chi connectivity index (χ4v) is 2.09. The minimum Gasteiger partial charge on any atom is -0.476 e. The van der Waals surface area contributed by atoms with Crippen molar-refractivity contribution in [2.75, 3.05) is 5.32 Å². The zero-order chi connectivity index (χ0) is 15.7. The molecule has 0 aromatic carbocycles. The smallest absolute Gasteiger partial charge is 0.356 e. The molecule has 112 valence electrons. The Bertz CT molecular complexity index is 686. The second kappa shape index (κ2) is 5.68. The van der Waals surface area contributed by atoms with Crippen molar-refractivity contribution in [3.63, 3.8) is 0 Å². The number of halogens is 1. The summed E-state index contributed by atoms with van der Waals surface area (Å²) in [6, 6.07) is -0.586. The number of nitrogens with zero attached hydrogens (tertiary/aromatic N) is 4. The van der Waals surface area contributed by atoms with Crippen LogP contribution in [0.5, 0.6) is 0 Å². The van der Waals surface area contributed by atoms with Crippen LogP contribution >= 0.6 is 15.9 Å². The molecule has 1 atom stereocenters. The van der Waals surface area contributed by atoms with Gasteiger partial charge in [0.1, 0.15) is 6.04 Å². The predicted octanol–water partition coefficient (Wildman–Crippen LogP) is 1.59. The van der Waals surface area contributed by atoms with Gasteiger partial charge >= 0.3 is 5.97 Å². The van der Waals surface area contributed by atoms with E-state index in [2.05, 4.69) is 31.4 Å². The van der Waals surface area contributed by atoms with Crippen LogP contribution in [0.3, 0.4) is 0 Å². The lowest BCUT2D eigenvalue weighted by molar-refractivity contribution is -0.119. The molecule has 2 heterocycles. The standard InChI is InChI=1S/C12H14BrN5O3/c1-6-8(13)5-18(16-6)7(2)11(19)15-9-4-14-17(3)10(9)12(20)21/h4-5,7H,1-3H3,(H,15,19)(H,20,21). The third kappa shape index (κ3) is 2.97. The molecule has 1 amide bonds. The minimum absolute atomic E-state index is 0.0756. The van der Waals surface area contributed by atoms with E-state index in [9.17, 15) is 9.59 Å². The fourth-order valence-electron chi connectivity index (χ4n) is 1.80. The number of anilines is 1. The SMILES string of the molecule is Cc1nn(C(C)C(=O)Nc2cnn(C)c2C(=O)O)cc1Br. The average Bonchev–Trinajstić information content (AvgIpc) is 2.92. The second-order valence-corrected chi connectivity index (χ2v) is 5.40. The fraction of sp³-hybridized carbons (Fsp3) is 0.333. The molecule has 0 aliphatic rings. The summed E-state index contributed by atoms with van der Waals surface area (Å²) in [5.74, 6) is -1.53. The minimum atomic E-state index is -1.16. The molecular formula is C12H14BrN5O3. The Kier molecular flexibility index (Phi) is 4.12. The highest BCUT2D eigenvalue weighted by Crippen LogP contribution is 2.19. The zero-order valence-corrected chi connectivity index (χ0v) is 13.2. The van der Waals surface area contributed by atoms with Gasteiger partial charge in [0, 0.05) is 13.2 Å². The molecular weight excluding hydrogens is 342 g/mol. The van der Waals surface area contributed by atoms with Gasteiger partial charge in [-0.3, -0.25) is 14.2 Å². The van der Waals surface area contributed by atoms with Crippen LogP contribution in [0.25, 0.3) is 0 Å². The summed E-state index contributed by atoms with van der Waals surface area (Å²) >= 11 is 3.33. The molecule has 2 N–H and O–H groups in total. The Balaban J connectivity index is 2.20. The molecule has 0 saturated carbocycles. The number of hydrogen-bond donors (Lipinski definition) is 2. The highest BCUT2D eigenvalue weighted by atomic mass is 79.9. The summed E-state index contributed by atoms with van der Waals surface area (Å²) < 4.78 is 3.50. The van der Waals surface area contributed by atoms with Crippen LogP contribution in [0, 0.1) is 6.92 Å². The van der Waals surface area contributed by atoms with E-state index >= 15 is 0 Å². The van der Waals surface area contributed by atoms with E-state index in [1.54, 1.807) is 13.1 Å². The Morgan fingerprint density at radius 1 is 1.48 bits per heavy atom. The lowest BCUT2D eigenvalue weighted by atomic mass is 10.3. The third-order valence-corrected chi connectivity index (χ3v) is 3.81. The van der Waals surface area contributed by atoms with Gasteiger partial charge in [-0.2, -0.15) is 10.2 Å². The van der Waals surface area contributed by atoms with Crippen LogP contribution in [0.15, 0.2) is 16.9 Å². The summed E-state index contributed by atoms with van der Waals surface area (Å²) in [5, 5.41) is 19.7. The number of carboxylic acids is 1. The summed E-state index contributed by atoms with van der Waals surface area (Å²) in [6.07, 6.45) is 3.00. The Hall–Kier alpha value is -2.16. The number of aromatic nitrogens is 4. The quantitative estimate of drug-likeness (QED) is 0.866. The van der Waals surface area contributed by atoms with Gasteiger partial charge in [-0.25, -0.2) is 4.79 Å². The van der Waals surface area contributed by atoms with Gasteiger partial charge in [0.05, 0.1) is 22.1 Å². The Morgan fingerprint density at radius 2 is 2.14 bits per heavy atom. The van der Waals surface area contributed by atoms with Gasteiger partial charge < -0.3 is 10.4 Å². The number of hydrogen-bond acceptors (Lipinski definition) is 4. The normalized spacial score (nSPS) is 12.2. The average molecular weight is 356 g/mol. The van der Waals surface area contributed by atoms with Crippen LogP contribution in [0.4, 0.5) is 5.69 Å². The summed E-state index contributed by atoms with van der Waals surface area (Å²) in [5.41, 5.74) is 0.848. The van der Waals surface area contributed by atoms with Crippen LogP contribution in [-0.4, -0.2) is 36.5 Å². The van der Waals surface area contributed by atoms with Gasteiger partial charge in [-0.05, 0) is 29.8 Å². The predicted molar refractivity (Wildman–Crippen MR) is 78.2 cm³/mol. The highest BCUT2D eigenvalue weighted by molar-refractivity contribution is 9.10. The van der Waals surface area contributed by atoms with E-state index in [-0.39, 0.29) is 17.3 Å². The largest absolute Gasteiger partial charge is 0.476 e. The van der Waals surface area contributed by atoms with Crippen molar-refractivity contribution in [3.05, 3.63) is 28.3 Å². The summed E-state index contributed by atoms with van der Waals surface area (Å²) in [4.78, 5) is 23.3. The van der Waals surface area contributed by atoms with Crippen LogP contribution in [-0.2, 0) is 11.8 Å². The maximum absolute atomic E-state index is 12.2. The lowest BCUT2D eigenvalue weighted by Crippen LogP contribution is -2.25. The van der Waals surface area contributed by atoms with Crippen molar-refractivity contribution in [2.45, 2.75) is 19.9 Å². The number of amides is 1. The topological polar surface area (TPSA) is 102 Å². The summed E-state index contributed by atoms with van der Waals surface area (Å²) in [7, 11) is 1.50. The molecule has 0 bridgehead atoms. The van der Waals surface area contributed by atoms with E-state index in [1.165, 1.54) is 22.6 Å². The van der Waals surface area contributed by atoms with Crippen LogP contribution in [0.1, 0.15) is 29.1 Å². The van der Waals surface area contributed by atoms with Crippen molar-refractivity contribution in [3.8, 4) is 0 Å². The van der Waals surface area contributed by atoms with Gasteiger partial charge in [0.25, 0.3) is 0 Å². The molecule has 0 fully saturated rings. The van der Waals surface area contributed by atoms with E-state index in [0.29, 0.717) is 0 Å². The highest BCUT2D eigenvalue weighted by Gasteiger charge is 2.22. The Morgan fingerprint density at radius 3 is 2.67 bits per heavy atom. The molecule has 0 aliphatic carbocycles. The first-order valence-corrected chi connectivity index (χ1v) is 6.88. The maximum Gasteiger partial charge on any atom is 0.356 e. The van der Waals surface area contributed by atoms with Crippen molar-refractivity contribution >= 4 is 33.5 Å². The number of carbonyl (C=O) groups is 2. The van der Waals surface area contributed by atoms with Crippen molar-refractivity contribution < 1.29 is 14.7 Å². The van der Waals surface area contributed by atoms with Crippen LogP contribution < -0.4 is 5.32 Å². The van der Waals surface area contributed by atoms with E-state index in [4.69, 9.17) is 5.11 Å². The van der Waals surface area contributed by atoms with Gasteiger partial charge in [-0.1, -0.05) is 0 Å². The van der Waals surface area contributed by atoms with Gasteiger partial charge in [0.15, 0.2) is 5.69 Å². The van der Waals surface area contributed by atoms with E-state index in [1.807, 2.05) is 6.92 Å². The van der Waals surface area contributed by atoms with E-state index < -0.39 is 12.0 Å². The van der Waals surface area contributed by atoms with Crippen molar-refractivity contribution in [1.29, 1.82) is 0 Å². The monoisotopic (exact) mass is 355 g/mol. The Labute approximate surface area is 128 Å². The molecule has 0 radical (unpaired) electrons. The number of carboxylic acid groups (broad SMARTS) is 1. The first kappa shape index (κ1) is 15.2. The number of aryl methyl sites for hydroxylation is 2. The van der Waals surface area contributed by atoms with Crippen molar-refractivity contribution in [2.24, 2.45) is 7.05 Å². The first-order valence-electron chi connectivity index (χ1n) is 6.08. The number of carbonyl (C=O) groups excluding carboxylic acids is 1. The number of rotatable bonds is 4. The summed E-state index contributed by atoms with van der Waals surface area (Å²) in [6.45, 7) is 3.49. The van der Waals surface area contributed by atoms with E-state index in [0.717, 1.165) is 10.2 Å². The maximum atomic E-state index is 12.2. The molecule has 0 saturated heterocycles. The zero-order valence-electron chi connectivity index (χ0n) is 11.7. The molecule has 9 heteroatoms. The molecule has 2 aromatic heterocycles. The molecule has 8 nitrogen and oxygen atoms in total. The van der Waals surface area contributed by atoms with Gasteiger partial charge in [0.2, 0.25) is 5.91 Å². The van der Waals surface area contributed by atoms with Crippen molar-refractivity contribution in [1.82, 2.24) is 19.6 Å². The molecule has 0 aliphatic heterocycles. The molecule has 2 aromatic rings. The number of nitrogens with one attached hydrogen (secondary N) is 1. The third-order valence-electron chi connectivity index (χ3n) is 3.03. The van der Waals surface area contributed by atoms with Gasteiger partial charge in [-0.15, -0.1) is 0 Å². The second-order valence-electron chi connectivity index (χ2n) is 4.54. The molecule has 2 rings (SSSR count). The van der Waals surface area contributed by atoms with Crippen LogP contribution in [0.2, 0.25) is 0 Å². The lowest BCUT2D eigenvalue weighted by Gasteiger charge is -2.12. The molecule has 0 spiro atoms.